The summed E-state index contributed by atoms with van der Waals surface area (Å²) in [5.74, 6) is 0. The van der Waals surface area contributed by atoms with Crippen LogP contribution in [0.2, 0.25) is 5.02 Å². The molecule has 4 nitrogen and oxygen atoms in total. The van der Waals surface area contributed by atoms with E-state index in [1.54, 1.807) is 19.2 Å². The van der Waals surface area contributed by atoms with E-state index in [1.807, 2.05) is 13.0 Å². The first-order valence-corrected chi connectivity index (χ1v) is 4.51. The summed E-state index contributed by atoms with van der Waals surface area (Å²) in [6.45, 7) is 1.90. The van der Waals surface area contributed by atoms with Crippen molar-refractivity contribution in [1.29, 1.82) is 0 Å². The number of amides is 2. The Bertz CT molecular complexity index is 341. The number of aryl methyl sites for hydroxylation is 1. The zero-order chi connectivity index (χ0) is 10.6. The first-order valence-electron chi connectivity index (χ1n) is 4.13. The van der Waals surface area contributed by atoms with Crippen LogP contribution in [0.3, 0.4) is 0 Å². The number of nitrogens with one attached hydrogen (secondary N) is 3. The minimum Gasteiger partial charge on any atom is -0.307 e. The molecular weight excluding hydrogens is 202 g/mol. The average molecular weight is 214 g/mol. The van der Waals surface area contributed by atoms with Crippen LogP contribution in [0.25, 0.3) is 0 Å². The van der Waals surface area contributed by atoms with E-state index in [2.05, 4.69) is 16.2 Å². The lowest BCUT2D eigenvalue weighted by molar-refractivity contribution is 0.249. The number of carbonyl (C=O) groups is 1. The molecule has 0 bridgehead atoms. The lowest BCUT2D eigenvalue weighted by Crippen LogP contribution is -2.37. The molecule has 0 aromatic heterocycles. The van der Waals surface area contributed by atoms with E-state index >= 15 is 0 Å². The fraction of sp³-hybridized carbons (Fsp3) is 0.222. The van der Waals surface area contributed by atoms with Crippen LogP contribution in [-0.4, -0.2) is 13.1 Å². The van der Waals surface area contributed by atoms with Gasteiger partial charge in [0.15, 0.2) is 0 Å². The van der Waals surface area contributed by atoms with Crippen molar-refractivity contribution in [2.75, 3.05) is 12.4 Å². The highest BCUT2D eigenvalue weighted by molar-refractivity contribution is 6.31. The van der Waals surface area contributed by atoms with E-state index in [1.165, 1.54) is 0 Å². The smallest absolute Gasteiger partial charge is 0.307 e. The predicted octanol–water partition coefficient (Wildman–Crippen LogP) is 1.90. The quantitative estimate of drug-likeness (QED) is 0.658. The fourth-order valence-corrected chi connectivity index (χ4v) is 1.13. The second-order valence-electron chi connectivity index (χ2n) is 2.79. The highest BCUT2D eigenvalue weighted by atomic mass is 35.5. The van der Waals surface area contributed by atoms with Gasteiger partial charge in [-0.25, -0.2) is 10.2 Å². The van der Waals surface area contributed by atoms with E-state index in [9.17, 15) is 4.79 Å². The van der Waals surface area contributed by atoms with Gasteiger partial charge < -0.3 is 5.32 Å². The molecule has 1 aromatic rings. The molecule has 0 saturated carbocycles. The molecule has 0 aliphatic carbocycles. The van der Waals surface area contributed by atoms with Gasteiger partial charge in [-0.3, -0.25) is 5.43 Å². The van der Waals surface area contributed by atoms with E-state index in [0.717, 1.165) is 5.56 Å². The molecule has 0 radical (unpaired) electrons. The molecule has 0 aliphatic heterocycles. The van der Waals surface area contributed by atoms with Crippen LogP contribution < -0.4 is 16.2 Å². The minimum atomic E-state index is -0.326. The largest absolute Gasteiger partial charge is 0.333 e. The Morgan fingerprint density at radius 2 is 2.14 bits per heavy atom. The number of urea groups is 1. The zero-order valence-corrected chi connectivity index (χ0v) is 8.77. The van der Waals surface area contributed by atoms with Crippen molar-refractivity contribution < 1.29 is 4.79 Å². The molecule has 1 rings (SSSR count). The maximum Gasteiger partial charge on any atom is 0.333 e. The van der Waals surface area contributed by atoms with E-state index < -0.39 is 0 Å². The molecule has 5 heteroatoms. The van der Waals surface area contributed by atoms with Crippen molar-refractivity contribution in [2.24, 2.45) is 0 Å². The van der Waals surface area contributed by atoms with Gasteiger partial charge in [0.25, 0.3) is 0 Å². The van der Waals surface area contributed by atoms with Crippen molar-refractivity contribution in [1.82, 2.24) is 10.9 Å². The van der Waals surface area contributed by atoms with Crippen LogP contribution >= 0.6 is 11.6 Å². The Morgan fingerprint density at radius 1 is 1.43 bits per heavy atom. The first kappa shape index (κ1) is 10.8. The summed E-state index contributed by atoms with van der Waals surface area (Å²) in [4.78, 5) is 11.1. The summed E-state index contributed by atoms with van der Waals surface area (Å²) in [7, 11) is 1.61. The van der Waals surface area contributed by atoms with Gasteiger partial charge in [-0.2, -0.15) is 0 Å². The number of benzene rings is 1. The van der Waals surface area contributed by atoms with Gasteiger partial charge in [0, 0.05) is 17.8 Å². The zero-order valence-electron chi connectivity index (χ0n) is 8.02. The summed E-state index contributed by atoms with van der Waals surface area (Å²) < 4.78 is 0. The third-order valence-corrected chi connectivity index (χ3v) is 2.08. The van der Waals surface area contributed by atoms with Crippen LogP contribution in [0.4, 0.5) is 10.5 Å². The number of anilines is 1. The molecule has 0 fully saturated rings. The van der Waals surface area contributed by atoms with Crippen LogP contribution in [-0.2, 0) is 0 Å². The lowest BCUT2D eigenvalue weighted by Gasteiger charge is -2.07. The van der Waals surface area contributed by atoms with Gasteiger partial charge in [-0.15, -0.1) is 0 Å². The molecule has 0 unspecified atom stereocenters. The topological polar surface area (TPSA) is 53.2 Å². The van der Waals surface area contributed by atoms with Crippen molar-refractivity contribution >= 4 is 23.3 Å². The molecule has 0 heterocycles. The summed E-state index contributed by atoms with van der Waals surface area (Å²) in [6, 6.07) is 5.01. The number of rotatable bonds is 2. The monoisotopic (exact) mass is 213 g/mol. The Hall–Kier alpha value is -1.26. The van der Waals surface area contributed by atoms with Crippen LogP contribution in [0.15, 0.2) is 18.2 Å². The van der Waals surface area contributed by atoms with Gasteiger partial charge in [0.1, 0.15) is 0 Å². The standard InChI is InChI=1S/C9H12ClN3O/c1-6-3-4-7(5-8(6)10)12-9(14)13-11-2/h3-5,11H,1-2H3,(H2,12,13,14). The molecule has 0 atom stereocenters. The predicted molar refractivity (Wildman–Crippen MR) is 57.4 cm³/mol. The molecule has 76 valence electrons. The Balaban J connectivity index is 2.68. The molecule has 0 aliphatic rings. The Kier molecular flexibility index (Phi) is 3.73. The summed E-state index contributed by atoms with van der Waals surface area (Å²) in [5.41, 5.74) is 6.54. The number of hydrogen-bond donors (Lipinski definition) is 3. The van der Waals surface area contributed by atoms with E-state index in [4.69, 9.17) is 11.6 Å². The second kappa shape index (κ2) is 4.83. The van der Waals surface area contributed by atoms with Crippen LogP contribution in [0.5, 0.6) is 0 Å². The van der Waals surface area contributed by atoms with Gasteiger partial charge in [-0.05, 0) is 24.6 Å². The molecule has 14 heavy (non-hydrogen) atoms. The van der Waals surface area contributed by atoms with E-state index in [0.29, 0.717) is 10.7 Å². The third kappa shape index (κ3) is 2.90. The average Bonchev–Trinajstić information content (AvgIpc) is 2.12. The maximum atomic E-state index is 11.1. The third-order valence-electron chi connectivity index (χ3n) is 1.67. The first-order chi connectivity index (χ1) is 6.63. The highest BCUT2D eigenvalue weighted by Crippen LogP contribution is 2.19. The van der Waals surface area contributed by atoms with Gasteiger partial charge in [0.05, 0.1) is 0 Å². The number of carbonyl (C=O) groups excluding carboxylic acids is 1. The van der Waals surface area contributed by atoms with Crippen LogP contribution in [0.1, 0.15) is 5.56 Å². The van der Waals surface area contributed by atoms with Gasteiger partial charge >= 0.3 is 6.03 Å². The van der Waals surface area contributed by atoms with Crippen LogP contribution in [0, 0.1) is 6.92 Å². The lowest BCUT2D eigenvalue weighted by atomic mass is 10.2. The number of hydrazine groups is 1. The molecular formula is C9H12ClN3O. The van der Waals surface area contributed by atoms with Crippen molar-refractivity contribution in [3.05, 3.63) is 28.8 Å². The van der Waals surface area contributed by atoms with E-state index in [-0.39, 0.29) is 6.03 Å². The second-order valence-corrected chi connectivity index (χ2v) is 3.20. The maximum absolute atomic E-state index is 11.1. The molecule has 1 aromatic carbocycles. The molecule has 2 amide bonds. The van der Waals surface area contributed by atoms with Gasteiger partial charge in [0.2, 0.25) is 0 Å². The van der Waals surface area contributed by atoms with Crippen molar-refractivity contribution in [3.8, 4) is 0 Å². The Morgan fingerprint density at radius 3 is 2.71 bits per heavy atom. The molecule has 3 N–H and O–H groups in total. The molecule has 0 spiro atoms. The number of halogens is 1. The van der Waals surface area contributed by atoms with Crippen molar-refractivity contribution in [2.45, 2.75) is 6.92 Å². The Labute approximate surface area is 87.6 Å². The van der Waals surface area contributed by atoms with Gasteiger partial charge in [-0.1, -0.05) is 17.7 Å². The number of hydrogen-bond acceptors (Lipinski definition) is 2. The summed E-state index contributed by atoms with van der Waals surface area (Å²) >= 11 is 5.89. The van der Waals surface area contributed by atoms with Crippen molar-refractivity contribution in [3.63, 3.8) is 0 Å². The fourth-order valence-electron chi connectivity index (χ4n) is 0.946. The summed E-state index contributed by atoms with van der Waals surface area (Å²) in [5, 5.41) is 3.25. The normalized spacial score (nSPS) is 9.64. The SMILES string of the molecule is CNNC(=O)Nc1ccc(C)c(Cl)c1. The minimum absolute atomic E-state index is 0.326. The highest BCUT2D eigenvalue weighted by Gasteiger charge is 2.01. The molecule has 0 saturated heterocycles. The summed E-state index contributed by atoms with van der Waals surface area (Å²) in [6.07, 6.45) is 0.